The summed E-state index contributed by atoms with van der Waals surface area (Å²) in [6, 6.07) is 10.4. The molecule has 0 N–H and O–H groups in total. The van der Waals surface area contributed by atoms with Gasteiger partial charge < -0.3 is 9.64 Å². The Morgan fingerprint density at radius 1 is 1.10 bits per heavy atom. The van der Waals surface area contributed by atoms with Crippen LogP contribution in [0, 0.1) is 11.8 Å². The van der Waals surface area contributed by atoms with Crippen LogP contribution in [-0.2, 0) is 20.7 Å². The molecule has 0 atom stereocenters. The van der Waals surface area contributed by atoms with Gasteiger partial charge in [0.15, 0.2) is 4.08 Å². The number of carbonyl (C=O) groups excluding carboxylic acids is 2. The maximum atomic E-state index is 13.5. The Hall–Kier alpha value is -1.14. The minimum atomic E-state index is -0.558. The Morgan fingerprint density at radius 2 is 1.73 bits per heavy atom. The van der Waals surface area contributed by atoms with E-state index in [-0.39, 0.29) is 11.9 Å². The lowest BCUT2D eigenvalue weighted by Gasteiger charge is -2.38. The molecule has 1 saturated heterocycles. The number of ether oxygens (including phenoxy) is 1. The van der Waals surface area contributed by atoms with Gasteiger partial charge in [0.25, 0.3) is 0 Å². The van der Waals surface area contributed by atoms with Crippen LogP contribution in [0.25, 0.3) is 0 Å². The van der Waals surface area contributed by atoms with E-state index in [1.165, 1.54) is 25.7 Å². The first-order valence-corrected chi connectivity index (χ1v) is 13.4. The summed E-state index contributed by atoms with van der Waals surface area (Å²) in [7, 11) is 0. The molecule has 0 aromatic heterocycles. The highest BCUT2D eigenvalue weighted by Gasteiger charge is 2.48. The highest BCUT2D eigenvalue weighted by Crippen LogP contribution is 2.49. The minimum Gasteiger partial charge on any atom is -0.464 e. The van der Waals surface area contributed by atoms with Gasteiger partial charge in [-0.2, -0.15) is 0 Å². The predicted molar refractivity (Wildman–Crippen MR) is 125 cm³/mol. The quantitative estimate of drug-likeness (QED) is 0.484. The molecular weight excluding hydrogens is 414 g/mol. The van der Waals surface area contributed by atoms with Gasteiger partial charge in [0, 0.05) is 12.6 Å². The number of esters is 1. The molecule has 4 nitrogen and oxygen atoms in total. The second-order valence-electron chi connectivity index (χ2n) is 8.69. The van der Waals surface area contributed by atoms with Crippen LogP contribution in [0.1, 0.15) is 51.0 Å². The smallest absolute Gasteiger partial charge is 0.332 e. The van der Waals surface area contributed by atoms with E-state index in [4.69, 9.17) is 4.74 Å². The number of nitrogens with zero attached hydrogens (tertiary/aromatic N) is 1. The van der Waals surface area contributed by atoms with Gasteiger partial charge in [-0.15, -0.1) is 23.5 Å². The number of benzene rings is 1. The van der Waals surface area contributed by atoms with Crippen LogP contribution in [0.4, 0.5) is 0 Å². The monoisotopic (exact) mass is 447 g/mol. The van der Waals surface area contributed by atoms with Crippen LogP contribution in [0.15, 0.2) is 30.3 Å². The topological polar surface area (TPSA) is 46.6 Å². The fraction of sp³-hybridized carbons (Fsp3) is 0.667. The van der Waals surface area contributed by atoms with Crippen molar-refractivity contribution in [1.82, 2.24) is 4.90 Å². The van der Waals surface area contributed by atoms with Crippen LogP contribution in [0.2, 0.25) is 0 Å². The molecule has 30 heavy (non-hydrogen) atoms. The lowest BCUT2D eigenvalue weighted by Crippen LogP contribution is -2.47. The Kier molecular flexibility index (Phi) is 7.35. The first-order valence-electron chi connectivity index (χ1n) is 11.4. The van der Waals surface area contributed by atoms with Crippen molar-refractivity contribution in [1.29, 1.82) is 0 Å². The van der Waals surface area contributed by atoms with Gasteiger partial charge in [0.2, 0.25) is 5.91 Å². The second kappa shape index (κ2) is 9.99. The molecule has 1 heterocycles. The summed E-state index contributed by atoms with van der Waals surface area (Å²) in [6.45, 7) is 2.93. The first-order chi connectivity index (χ1) is 14.6. The number of carbonyl (C=O) groups is 2. The summed E-state index contributed by atoms with van der Waals surface area (Å²) in [5, 5.41) is 0. The van der Waals surface area contributed by atoms with Crippen molar-refractivity contribution < 1.29 is 14.3 Å². The first kappa shape index (κ1) is 22.1. The van der Waals surface area contributed by atoms with Gasteiger partial charge in [0.1, 0.15) is 0 Å². The largest absolute Gasteiger partial charge is 0.464 e. The third kappa shape index (κ3) is 5.37. The molecule has 0 unspecified atom stereocenters. The van der Waals surface area contributed by atoms with E-state index in [0.717, 1.165) is 23.5 Å². The van der Waals surface area contributed by atoms with Crippen LogP contribution < -0.4 is 0 Å². The number of thioether (sulfide) groups is 2. The lowest BCUT2D eigenvalue weighted by molar-refractivity contribution is -0.144. The summed E-state index contributed by atoms with van der Waals surface area (Å²) in [6.07, 6.45) is 7.21. The van der Waals surface area contributed by atoms with Gasteiger partial charge in [-0.1, -0.05) is 30.3 Å². The Balaban J connectivity index is 1.51. The molecule has 1 aliphatic heterocycles. The third-order valence-corrected chi connectivity index (χ3v) is 9.68. The van der Waals surface area contributed by atoms with Gasteiger partial charge in [-0.3, -0.25) is 4.79 Å². The summed E-state index contributed by atoms with van der Waals surface area (Å²) in [5.74, 6) is 3.39. The Labute approximate surface area is 188 Å². The number of amides is 1. The van der Waals surface area contributed by atoms with Crippen molar-refractivity contribution in [2.45, 2.75) is 62.0 Å². The van der Waals surface area contributed by atoms with E-state index in [9.17, 15) is 9.59 Å². The molecule has 6 heteroatoms. The van der Waals surface area contributed by atoms with E-state index in [1.54, 1.807) is 23.5 Å². The van der Waals surface area contributed by atoms with Gasteiger partial charge >= 0.3 is 5.97 Å². The highest BCUT2D eigenvalue weighted by molar-refractivity contribution is 8.19. The van der Waals surface area contributed by atoms with E-state index in [1.807, 2.05) is 37.3 Å². The van der Waals surface area contributed by atoms with Gasteiger partial charge in [0.05, 0.1) is 13.0 Å². The maximum Gasteiger partial charge on any atom is 0.332 e. The Bertz CT molecular complexity index is 715. The number of hydrogen-bond donors (Lipinski definition) is 0. The van der Waals surface area contributed by atoms with Crippen molar-refractivity contribution in [2.75, 3.05) is 24.7 Å². The molecule has 2 aliphatic carbocycles. The zero-order valence-electron chi connectivity index (χ0n) is 17.9. The van der Waals surface area contributed by atoms with Crippen LogP contribution in [0.5, 0.6) is 0 Å². The zero-order valence-corrected chi connectivity index (χ0v) is 19.5. The molecule has 3 aliphatic rings. The molecule has 1 amide bonds. The van der Waals surface area contributed by atoms with Crippen molar-refractivity contribution in [3.63, 3.8) is 0 Å². The Morgan fingerprint density at radius 3 is 2.30 bits per heavy atom. The molecule has 164 valence electrons. The zero-order chi connectivity index (χ0) is 21.0. The molecule has 0 spiro atoms. The predicted octanol–water partition coefficient (Wildman–Crippen LogP) is 4.77. The minimum absolute atomic E-state index is 0.107. The van der Waals surface area contributed by atoms with Crippen molar-refractivity contribution in [2.24, 2.45) is 11.8 Å². The number of hydrogen-bond acceptors (Lipinski definition) is 5. The second-order valence-corrected chi connectivity index (χ2v) is 11.7. The normalized spacial score (nSPS) is 20.7. The molecule has 3 fully saturated rings. The molecular formula is C24H33NO3S2. The van der Waals surface area contributed by atoms with Gasteiger partial charge in [-0.25, -0.2) is 4.79 Å². The van der Waals surface area contributed by atoms with Crippen LogP contribution >= 0.6 is 23.5 Å². The lowest BCUT2D eigenvalue weighted by atomic mass is 10.0. The van der Waals surface area contributed by atoms with E-state index in [0.29, 0.717) is 43.9 Å². The van der Waals surface area contributed by atoms with Crippen molar-refractivity contribution in [3.05, 3.63) is 35.9 Å². The number of rotatable bonds is 10. The SMILES string of the molecule is CCOC(=O)C1(CCN(C(=O)Cc2ccccc2)C(C2CC2)C2CC2)SCCCS1. The van der Waals surface area contributed by atoms with E-state index < -0.39 is 4.08 Å². The molecule has 1 aromatic carbocycles. The van der Waals surface area contributed by atoms with E-state index >= 15 is 0 Å². The molecule has 0 bridgehead atoms. The van der Waals surface area contributed by atoms with Crippen LogP contribution in [-0.4, -0.2) is 51.6 Å². The van der Waals surface area contributed by atoms with E-state index in [2.05, 4.69) is 4.90 Å². The standard InChI is InChI=1S/C24H33NO3S2/c1-2-28-23(27)24(29-15-6-16-30-24)13-14-25(22(19-9-10-19)20-11-12-20)21(26)17-18-7-4-3-5-8-18/h3-5,7-8,19-20,22H,2,6,9-17H2,1H3. The van der Waals surface area contributed by atoms with Crippen LogP contribution in [0.3, 0.4) is 0 Å². The fourth-order valence-corrected chi connectivity index (χ4v) is 7.61. The maximum absolute atomic E-state index is 13.5. The highest BCUT2D eigenvalue weighted by atomic mass is 32.2. The molecule has 1 aromatic rings. The molecule has 4 rings (SSSR count). The fourth-order valence-electron chi connectivity index (χ4n) is 4.53. The molecule has 0 radical (unpaired) electrons. The summed E-state index contributed by atoms with van der Waals surface area (Å²) < 4.78 is 4.91. The average molecular weight is 448 g/mol. The average Bonchev–Trinajstić information content (AvgIpc) is 3.67. The van der Waals surface area contributed by atoms with Crippen molar-refractivity contribution >= 4 is 35.4 Å². The van der Waals surface area contributed by atoms with Gasteiger partial charge in [-0.05, 0) is 74.4 Å². The third-order valence-electron chi connectivity index (χ3n) is 6.32. The summed E-state index contributed by atoms with van der Waals surface area (Å²) in [5.41, 5.74) is 1.07. The summed E-state index contributed by atoms with van der Waals surface area (Å²) >= 11 is 3.45. The molecule has 2 saturated carbocycles. The summed E-state index contributed by atoms with van der Waals surface area (Å²) in [4.78, 5) is 28.5. The van der Waals surface area contributed by atoms with Crippen molar-refractivity contribution in [3.8, 4) is 0 Å².